The van der Waals surface area contributed by atoms with E-state index in [9.17, 15) is 0 Å². The predicted molar refractivity (Wildman–Crippen MR) is 168 cm³/mol. The second kappa shape index (κ2) is 12.4. The summed E-state index contributed by atoms with van der Waals surface area (Å²) >= 11 is 0. The second-order valence-corrected chi connectivity index (χ2v) is 11.9. The molecular formula is C36H50N2. The van der Waals surface area contributed by atoms with E-state index >= 15 is 0 Å². The molecule has 2 heteroatoms. The summed E-state index contributed by atoms with van der Waals surface area (Å²) in [7, 11) is 0. The van der Waals surface area contributed by atoms with Gasteiger partial charge in [-0.2, -0.15) is 0 Å². The van der Waals surface area contributed by atoms with Gasteiger partial charge in [0.25, 0.3) is 0 Å². The first-order chi connectivity index (χ1) is 18.3. The minimum Gasteiger partial charge on any atom is -0.349 e. The van der Waals surface area contributed by atoms with E-state index in [1.54, 1.807) is 0 Å². The molecule has 0 bridgehead atoms. The average molecular weight is 511 g/mol. The molecule has 1 aliphatic heterocycles. The maximum Gasteiger partial charge on any atom is 0.106 e. The molecule has 2 nitrogen and oxygen atoms in total. The van der Waals surface area contributed by atoms with Gasteiger partial charge >= 0.3 is 0 Å². The lowest BCUT2D eigenvalue weighted by molar-refractivity contribution is 0.217. The first-order valence-electron chi connectivity index (χ1n) is 15.1. The highest BCUT2D eigenvalue weighted by atomic mass is 15.4. The third kappa shape index (κ3) is 5.51. The van der Waals surface area contributed by atoms with Crippen LogP contribution in [0.5, 0.6) is 0 Å². The van der Waals surface area contributed by atoms with E-state index in [0.29, 0.717) is 29.8 Å². The van der Waals surface area contributed by atoms with Gasteiger partial charge in [0, 0.05) is 12.2 Å². The van der Waals surface area contributed by atoms with Gasteiger partial charge in [0.15, 0.2) is 0 Å². The lowest BCUT2D eigenvalue weighted by Crippen LogP contribution is -2.45. The van der Waals surface area contributed by atoms with Crippen LogP contribution in [-0.2, 0) is 0 Å². The molecule has 4 atom stereocenters. The number of allylic oxidation sites excluding steroid dienone is 6. The monoisotopic (exact) mass is 510 g/mol. The highest BCUT2D eigenvalue weighted by Gasteiger charge is 2.39. The van der Waals surface area contributed by atoms with Crippen molar-refractivity contribution in [3.63, 3.8) is 0 Å². The van der Waals surface area contributed by atoms with E-state index in [2.05, 4.69) is 132 Å². The molecule has 0 saturated heterocycles. The molecule has 204 valence electrons. The molecule has 4 rings (SSSR count). The van der Waals surface area contributed by atoms with Gasteiger partial charge < -0.3 is 9.80 Å². The molecule has 3 unspecified atom stereocenters. The molecule has 2 aromatic carbocycles. The Labute approximate surface area is 233 Å². The zero-order chi connectivity index (χ0) is 27.4. The predicted octanol–water partition coefficient (Wildman–Crippen LogP) is 10.2. The lowest BCUT2D eigenvalue weighted by Gasteiger charge is -2.39. The molecule has 0 aromatic heterocycles. The fraction of sp³-hybridized carbons (Fsp3) is 0.500. The molecular weight excluding hydrogens is 460 g/mol. The highest BCUT2D eigenvalue weighted by Crippen LogP contribution is 2.47. The smallest absolute Gasteiger partial charge is 0.106 e. The summed E-state index contributed by atoms with van der Waals surface area (Å²) in [6.45, 7) is 19.8. The molecule has 0 radical (unpaired) electrons. The number of rotatable bonds is 10. The van der Waals surface area contributed by atoms with Gasteiger partial charge in [-0.3, -0.25) is 0 Å². The van der Waals surface area contributed by atoms with Crippen LogP contribution in [0.25, 0.3) is 5.57 Å². The zero-order valence-corrected chi connectivity index (χ0v) is 25.2. The van der Waals surface area contributed by atoms with Crippen molar-refractivity contribution in [1.29, 1.82) is 0 Å². The minimum absolute atomic E-state index is 0.316. The number of benzene rings is 2. The van der Waals surface area contributed by atoms with Crippen molar-refractivity contribution in [2.75, 3.05) is 16.3 Å². The van der Waals surface area contributed by atoms with Crippen LogP contribution < -0.4 is 9.80 Å². The van der Waals surface area contributed by atoms with Crippen LogP contribution >= 0.6 is 0 Å². The lowest BCUT2D eigenvalue weighted by atomic mass is 9.75. The van der Waals surface area contributed by atoms with E-state index in [-0.39, 0.29) is 0 Å². The number of fused-ring (bicyclic) bond motifs is 1. The number of nitrogens with zero attached hydrogens (tertiary/aromatic N) is 2. The Morgan fingerprint density at radius 2 is 1.66 bits per heavy atom. The zero-order valence-electron chi connectivity index (χ0n) is 25.2. The number of aryl methyl sites for hydroxylation is 2. The van der Waals surface area contributed by atoms with Crippen molar-refractivity contribution in [2.24, 2.45) is 23.7 Å². The van der Waals surface area contributed by atoms with Gasteiger partial charge in [0.2, 0.25) is 0 Å². The Bertz CT molecular complexity index is 1160. The normalized spacial score (nSPS) is 19.7. The largest absolute Gasteiger partial charge is 0.349 e. The molecule has 0 amide bonds. The van der Waals surface area contributed by atoms with E-state index in [1.807, 2.05) is 0 Å². The summed E-state index contributed by atoms with van der Waals surface area (Å²) < 4.78 is 0. The highest BCUT2D eigenvalue weighted by molar-refractivity contribution is 5.86. The molecule has 0 saturated carbocycles. The molecule has 0 fully saturated rings. The quantitative estimate of drug-likeness (QED) is 0.293. The Morgan fingerprint density at radius 3 is 2.21 bits per heavy atom. The Kier molecular flexibility index (Phi) is 9.23. The van der Waals surface area contributed by atoms with E-state index < -0.39 is 0 Å². The topological polar surface area (TPSA) is 6.48 Å². The van der Waals surface area contributed by atoms with Crippen molar-refractivity contribution in [2.45, 2.75) is 87.2 Å². The molecule has 38 heavy (non-hydrogen) atoms. The molecule has 0 N–H and O–H groups in total. The van der Waals surface area contributed by atoms with Crippen molar-refractivity contribution < 1.29 is 0 Å². The van der Waals surface area contributed by atoms with Crippen LogP contribution in [0.1, 0.15) is 83.9 Å². The van der Waals surface area contributed by atoms with Crippen LogP contribution in [0.15, 0.2) is 66.8 Å². The van der Waals surface area contributed by atoms with Gasteiger partial charge in [0.1, 0.15) is 6.17 Å². The van der Waals surface area contributed by atoms with Crippen molar-refractivity contribution >= 4 is 22.6 Å². The van der Waals surface area contributed by atoms with Gasteiger partial charge in [-0.15, -0.1) is 0 Å². The summed E-state index contributed by atoms with van der Waals surface area (Å²) in [5, 5.41) is 0. The van der Waals surface area contributed by atoms with Crippen LogP contribution in [-0.4, -0.2) is 12.7 Å². The fourth-order valence-corrected chi connectivity index (χ4v) is 6.88. The van der Waals surface area contributed by atoms with Gasteiger partial charge in [-0.05, 0) is 117 Å². The van der Waals surface area contributed by atoms with Crippen LogP contribution in [0.3, 0.4) is 0 Å². The first-order valence-corrected chi connectivity index (χ1v) is 15.1. The Balaban J connectivity index is 1.76. The second-order valence-electron chi connectivity index (χ2n) is 11.9. The summed E-state index contributed by atoms with van der Waals surface area (Å²) in [6.07, 6.45) is 16.6. The van der Waals surface area contributed by atoms with Crippen LogP contribution in [0.4, 0.5) is 17.1 Å². The molecule has 2 aliphatic rings. The summed E-state index contributed by atoms with van der Waals surface area (Å²) in [5.41, 5.74) is 9.58. The van der Waals surface area contributed by atoms with Gasteiger partial charge in [-0.25, -0.2) is 0 Å². The number of anilines is 3. The first kappa shape index (κ1) is 28.3. The summed E-state index contributed by atoms with van der Waals surface area (Å²) in [4.78, 5) is 5.36. The third-order valence-electron chi connectivity index (χ3n) is 9.15. The number of para-hydroxylation sites is 2. The maximum atomic E-state index is 2.73. The standard InChI is InChI=1S/C36H50N2/c1-9-17-29(10-2)32(28(8)25(4)5)24-37-33-20-15-16-21-34(33)38(35(37)11-3)31-22-26(6)36(27(7)23-31)30-18-13-12-14-19-30/h9,13,15-23,25,28-29,32,35H,10-12,14,24H2,1-8H3/b17-9-/t28-,29?,32?,35?/m0/s1. The van der Waals surface area contributed by atoms with Crippen LogP contribution in [0, 0.1) is 37.5 Å². The van der Waals surface area contributed by atoms with E-state index in [0.717, 1.165) is 25.8 Å². The molecule has 1 aliphatic carbocycles. The fourth-order valence-electron chi connectivity index (χ4n) is 6.88. The van der Waals surface area contributed by atoms with Crippen molar-refractivity contribution in [1.82, 2.24) is 0 Å². The van der Waals surface area contributed by atoms with E-state index in [1.165, 1.54) is 45.7 Å². The SMILES string of the molecule is C/C=C\C(CC)C(CN1c2ccccc2N(c2cc(C)c(C3=CCCC=C3)c(C)c2)C1CC)[C@@H](C)C(C)C. The summed E-state index contributed by atoms with van der Waals surface area (Å²) in [6, 6.07) is 13.9. The average Bonchev–Trinajstić information content (AvgIpc) is 3.23. The summed E-state index contributed by atoms with van der Waals surface area (Å²) in [5.74, 6) is 2.51. The Morgan fingerprint density at radius 1 is 0.974 bits per heavy atom. The van der Waals surface area contributed by atoms with Crippen LogP contribution in [0.2, 0.25) is 0 Å². The third-order valence-corrected chi connectivity index (χ3v) is 9.15. The maximum absolute atomic E-state index is 2.73. The van der Waals surface area contributed by atoms with Gasteiger partial charge in [-0.1, -0.05) is 77.1 Å². The van der Waals surface area contributed by atoms with E-state index in [4.69, 9.17) is 0 Å². The van der Waals surface area contributed by atoms with Crippen molar-refractivity contribution in [3.05, 3.63) is 83.5 Å². The molecule has 2 aromatic rings. The molecule has 1 heterocycles. The van der Waals surface area contributed by atoms with Gasteiger partial charge in [0.05, 0.1) is 11.4 Å². The minimum atomic E-state index is 0.316. The molecule has 0 spiro atoms. The number of hydrogen-bond acceptors (Lipinski definition) is 2. The Hall–Kier alpha value is -2.74. The van der Waals surface area contributed by atoms with Crippen molar-refractivity contribution in [3.8, 4) is 0 Å². The number of hydrogen-bond donors (Lipinski definition) is 0.